The monoisotopic (exact) mass is 202 g/mol. The van der Waals surface area contributed by atoms with E-state index in [1.807, 2.05) is 0 Å². The van der Waals surface area contributed by atoms with E-state index in [4.69, 9.17) is 5.73 Å². The van der Waals surface area contributed by atoms with Crippen LogP contribution in [0.5, 0.6) is 0 Å². The van der Waals surface area contributed by atoms with E-state index in [1.165, 1.54) is 24.8 Å². The molecule has 1 aromatic carbocycles. The SMILES string of the molecule is C[C@H](N)C1(c2ccccc2)C[CH]CCC1. The van der Waals surface area contributed by atoms with Gasteiger partial charge in [0.2, 0.25) is 0 Å². The minimum atomic E-state index is 0.194. The third-order valence-electron chi connectivity index (χ3n) is 3.76. The van der Waals surface area contributed by atoms with E-state index >= 15 is 0 Å². The fourth-order valence-corrected chi connectivity index (χ4v) is 2.73. The maximum absolute atomic E-state index is 6.21. The molecule has 2 rings (SSSR count). The van der Waals surface area contributed by atoms with E-state index < -0.39 is 0 Å². The first-order valence-electron chi connectivity index (χ1n) is 5.88. The van der Waals surface area contributed by atoms with Gasteiger partial charge in [-0.25, -0.2) is 0 Å². The summed E-state index contributed by atoms with van der Waals surface area (Å²) in [7, 11) is 0. The second-order valence-corrected chi connectivity index (χ2v) is 4.70. The highest BCUT2D eigenvalue weighted by molar-refractivity contribution is 5.29. The van der Waals surface area contributed by atoms with Crippen molar-refractivity contribution in [1.29, 1.82) is 0 Å². The van der Waals surface area contributed by atoms with Gasteiger partial charge in [-0.3, -0.25) is 0 Å². The fraction of sp³-hybridized carbons (Fsp3) is 0.500. The van der Waals surface area contributed by atoms with E-state index in [1.54, 1.807) is 0 Å². The second-order valence-electron chi connectivity index (χ2n) is 4.70. The maximum atomic E-state index is 6.21. The average Bonchev–Trinajstić information content (AvgIpc) is 2.31. The number of benzene rings is 1. The highest BCUT2D eigenvalue weighted by Gasteiger charge is 2.36. The molecule has 15 heavy (non-hydrogen) atoms. The van der Waals surface area contributed by atoms with Gasteiger partial charge in [-0.15, -0.1) is 0 Å². The molecule has 2 atom stereocenters. The Labute approximate surface area is 92.7 Å². The molecular formula is C14H20N. The molecule has 1 radical (unpaired) electrons. The minimum absolute atomic E-state index is 0.194. The van der Waals surface area contributed by atoms with Gasteiger partial charge in [-0.2, -0.15) is 0 Å². The van der Waals surface area contributed by atoms with E-state index in [0.717, 1.165) is 6.42 Å². The molecule has 1 unspecified atom stereocenters. The summed E-state index contributed by atoms with van der Waals surface area (Å²) in [4.78, 5) is 0. The molecule has 1 heteroatoms. The zero-order valence-corrected chi connectivity index (χ0v) is 9.45. The summed E-state index contributed by atoms with van der Waals surface area (Å²) in [6.45, 7) is 2.14. The summed E-state index contributed by atoms with van der Waals surface area (Å²) in [5.41, 5.74) is 7.82. The van der Waals surface area contributed by atoms with Crippen LogP contribution >= 0.6 is 0 Å². The number of hydrogen-bond acceptors (Lipinski definition) is 1. The molecule has 0 heterocycles. The molecule has 1 aliphatic carbocycles. The molecule has 1 saturated carbocycles. The zero-order chi connectivity index (χ0) is 10.7. The molecule has 0 spiro atoms. The molecule has 0 saturated heterocycles. The van der Waals surface area contributed by atoms with Crippen molar-refractivity contribution in [2.45, 2.75) is 44.1 Å². The van der Waals surface area contributed by atoms with Gasteiger partial charge in [0, 0.05) is 11.5 Å². The van der Waals surface area contributed by atoms with Gasteiger partial charge in [0.1, 0.15) is 0 Å². The van der Waals surface area contributed by atoms with Crippen LogP contribution in [0.1, 0.15) is 38.2 Å². The van der Waals surface area contributed by atoms with E-state index in [-0.39, 0.29) is 11.5 Å². The molecule has 81 valence electrons. The van der Waals surface area contributed by atoms with Crippen LogP contribution in [-0.4, -0.2) is 6.04 Å². The lowest BCUT2D eigenvalue weighted by molar-refractivity contribution is 0.289. The Morgan fingerprint density at radius 2 is 2.00 bits per heavy atom. The molecule has 0 aliphatic heterocycles. The third kappa shape index (κ3) is 1.93. The molecule has 2 N–H and O–H groups in total. The van der Waals surface area contributed by atoms with Crippen LogP contribution in [0, 0.1) is 6.42 Å². The number of hydrogen-bond donors (Lipinski definition) is 1. The molecule has 1 fully saturated rings. The average molecular weight is 202 g/mol. The highest BCUT2D eigenvalue weighted by Crippen LogP contribution is 2.40. The fourth-order valence-electron chi connectivity index (χ4n) is 2.73. The van der Waals surface area contributed by atoms with Crippen LogP contribution in [0.4, 0.5) is 0 Å². The molecule has 1 aromatic rings. The van der Waals surface area contributed by atoms with Crippen molar-refractivity contribution in [3.63, 3.8) is 0 Å². The number of nitrogens with two attached hydrogens (primary N) is 1. The highest BCUT2D eigenvalue weighted by atomic mass is 14.7. The van der Waals surface area contributed by atoms with Gasteiger partial charge in [0.15, 0.2) is 0 Å². The van der Waals surface area contributed by atoms with Gasteiger partial charge < -0.3 is 5.73 Å². The van der Waals surface area contributed by atoms with Crippen molar-refractivity contribution < 1.29 is 0 Å². The van der Waals surface area contributed by atoms with Crippen LogP contribution in [0.2, 0.25) is 0 Å². The Bertz CT molecular complexity index is 296. The summed E-state index contributed by atoms with van der Waals surface area (Å²) in [6.07, 6.45) is 7.29. The van der Waals surface area contributed by atoms with Crippen LogP contribution < -0.4 is 5.73 Å². The van der Waals surface area contributed by atoms with Crippen molar-refractivity contribution >= 4 is 0 Å². The van der Waals surface area contributed by atoms with Crippen molar-refractivity contribution in [2.24, 2.45) is 5.73 Å². The Morgan fingerprint density at radius 3 is 2.53 bits per heavy atom. The second kappa shape index (κ2) is 4.36. The largest absolute Gasteiger partial charge is 0.327 e. The quantitative estimate of drug-likeness (QED) is 0.783. The molecule has 1 aliphatic rings. The predicted octanol–water partition coefficient (Wildman–Crippen LogP) is 3.05. The molecular weight excluding hydrogens is 182 g/mol. The lowest BCUT2D eigenvalue weighted by Crippen LogP contribution is -2.45. The normalized spacial score (nSPS) is 22.3. The predicted molar refractivity (Wildman–Crippen MR) is 64.5 cm³/mol. The van der Waals surface area contributed by atoms with E-state index in [9.17, 15) is 0 Å². The topological polar surface area (TPSA) is 26.0 Å². The Kier molecular flexibility index (Phi) is 3.11. The third-order valence-corrected chi connectivity index (χ3v) is 3.76. The maximum Gasteiger partial charge on any atom is 0.0108 e. The minimum Gasteiger partial charge on any atom is -0.327 e. The van der Waals surface area contributed by atoms with Crippen LogP contribution in [0.25, 0.3) is 0 Å². The Morgan fingerprint density at radius 1 is 1.27 bits per heavy atom. The van der Waals surface area contributed by atoms with E-state index in [0.29, 0.717) is 0 Å². The summed E-state index contributed by atoms with van der Waals surface area (Å²) in [5.74, 6) is 0. The Hall–Kier alpha value is -0.820. The van der Waals surface area contributed by atoms with Gasteiger partial charge in [-0.1, -0.05) is 43.2 Å². The summed E-state index contributed by atoms with van der Waals surface area (Å²) < 4.78 is 0. The van der Waals surface area contributed by atoms with Gasteiger partial charge >= 0.3 is 0 Å². The van der Waals surface area contributed by atoms with E-state index in [2.05, 4.69) is 43.7 Å². The Balaban J connectivity index is 2.34. The lowest BCUT2D eigenvalue weighted by Gasteiger charge is -2.41. The summed E-state index contributed by atoms with van der Waals surface area (Å²) in [6, 6.07) is 11.0. The standard InChI is InChI=1S/C14H20N/c1-12(15)14(10-6-3-7-11-14)13-8-4-2-5-9-13/h2,4-6,8-9,12H,3,7,10-11,15H2,1H3/t12-,14?/m0/s1. The summed E-state index contributed by atoms with van der Waals surface area (Å²) in [5, 5.41) is 0. The molecule has 0 amide bonds. The van der Waals surface area contributed by atoms with Gasteiger partial charge in [-0.05, 0) is 31.7 Å². The van der Waals surface area contributed by atoms with Crippen LogP contribution in [0.3, 0.4) is 0 Å². The lowest BCUT2D eigenvalue weighted by atomic mass is 9.65. The molecule has 1 nitrogen and oxygen atoms in total. The van der Waals surface area contributed by atoms with Gasteiger partial charge in [0.25, 0.3) is 0 Å². The van der Waals surface area contributed by atoms with Crippen molar-refractivity contribution in [2.75, 3.05) is 0 Å². The van der Waals surface area contributed by atoms with Gasteiger partial charge in [0.05, 0.1) is 0 Å². The van der Waals surface area contributed by atoms with Crippen molar-refractivity contribution in [3.05, 3.63) is 42.3 Å². The molecule has 0 aromatic heterocycles. The van der Waals surface area contributed by atoms with Crippen molar-refractivity contribution in [1.82, 2.24) is 0 Å². The first-order valence-corrected chi connectivity index (χ1v) is 5.88. The summed E-state index contributed by atoms with van der Waals surface area (Å²) >= 11 is 0. The van der Waals surface area contributed by atoms with Crippen molar-refractivity contribution in [3.8, 4) is 0 Å². The molecule has 0 bridgehead atoms. The van der Waals surface area contributed by atoms with Crippen LogP contribution in [-0.2, 0) is 5.41 Å². The zero-order valence-electron chi connectivity index (χ0n) is 9.45. The van der Waals surface area contributed by atoms with Crippen LogP contribution in [0.15, 0.2) is 30.3 Å². The smallest absolute Gasteiger partial charge is 0.0108 e. The first kappa shape index (κ1) is 10.7. The first-order chi connectivity index (χ1) is 7.26. The number of rotatable bonds is 2.